The van der Waals surface area contributed by atoms with Crippen molar-refractivity contribution in [3.8, 4) is 0 Å². The van der Waals surface area contributed by atoms with Gasteiger partial charge in [-0.25, -0.2) is 8.78 Å². The Morgan fingerprint density at radius 3 is 2.56 bits per heavy atom. The van der Waals surface area contributed by atoms with Crippen LogP contribution in [-0.4, -0.2) is 18.6 Å². The topological polar surface area (TPSA) is 52.3 Å². The van der Waals surface area contributed by atoms with Crippen LogP contribution in [-0.2, 0) is 16.0 Å². The van der Waals surface area contributed by atoms with Crippen molar-refractivity contribution in [2.75, 3.05) is 6.61 Å². The third-order valence-corrected chi connectivity index (χ3v) is 2.55. The predicted molar refractivity (Wildman–Crippen MR) is 63.9 cm³/mol. The van der Waals surface area contributed by atoms with Gasteiger partial charge in [0.15, 0.2) is 0 Å². The maximum Gasteiger partial charge on any atom is 0.305 e. The van der Waals surface area contributed by atoms with Crippen molar-refractivity contribution < 1.29 is 18.3 Å². The molecule has 1 aromatic rings. The SMILES string of the molecule is CCOC(=O)CCC(N)Cc1c(F)cccc1F. The van der Waals surface area contributed by atoms with Gasteiger partial charge in [-0.1, -0.05) is 6.07 Å². The molecule has 2 N–H and O–H groups in total. The molecular formula is C13H17F2NO2. The van der Waals surface area contributed by atoms with E-state index in [9.17, 15) is 13.6 Å². The molecule has 0 saturated heterocycles. The quantitative estimate of drug-likeness (QED) is 0.795. The summed E-state index contributed by atoms with van der Waals surface area (Å²) in [4.78, 5) is 11.1. The van der Waals surface area contributed by atoms with E-state index in [4.69, 9.17) is 10.5 Å². The smallest absolute Gasteiger partial charge is 0.305 e. The van der Waals surface area contributed by atoms with Crippen LogP contribution in [0.15, 0.2) is 18.2 Å². The van der Waals surface area contributed by atoms with E-state index in [-0.39, 0.29) is 24.4 Å². The van der Waals surface area contributed by atoms with Crippen LogP contribution >= 0.6 is 0 Å². The third kappa shape index (κ3) is 4.41. The van der Waals surface area contributed by atoms with Gasteiger partial charge in [-0.05, 0) is 31.9 Å². The molecule has 0 aliphatic carbocycles. The molecule has 5 heteroatoms. The summed E-state index contributed by atoms with van der Waals surface area (Å²) in [6, 6.07) is 3.21. The van der Waals surface area contributed by atoms with Crippen LogP contribution in [0, 0.1) is 11.6 Å². The molecule has 0 radical (unpaired) electrons. The van der Waals surface area contributed by atoms with E-state index in [1.54, 1.807) is 6.92 Å². The van der Waals surface area contributed by atoms with Crippen molar-refractivity contribution in [2.24, 2.45) is 5.73 Å². The van der Waals surface area contributed by atoms with E-state index >= 15 is 0 Å². The Bertz CT molecular complexity index is 390. The molecule has 0 saturated carbocycles. The summed E-state index contributed by atoms with van der Waals surface area (Å²) in [7, 11) is 0. The molecule has 100 valence electrons. The lowest BCUT2D eigenvalue weighted by atomic mass is 10.0. The Morgan fingerprint density at radius 1 is 1.39 bits per heavy atom. The van der Waals surface area contributed by atoms with Gasteiger partial charge >= 0.3 is 5.97 Å². The first-order valence-corrected chi connectivity index (χ1v) is 5.88. The Kier molecular flexibility index (Phi) is 5.71. The number of halogens is 2. The molecule has 3 nitrogen and oxygen atoms in total. The highest BCUT2D eigenvalue weighted by molar-refractivity contribution is 5.69. The minimum absolute atomic E-state index is 0.0335. The fraction of sp³-hybridized carbons (Fsp3) is 0.462. The average Bonchev–Trinajstić information content (AvgIpc) is 2.32. The molecule has 0 fully saturated rings. The number of nitrogens with two attached hydrogens (primary N) is 1. The molecule has 1 rings (SSSR count). The number of ether oxygens (including phenoxy) is 1. The highest BCUT2D eigenvalue weighted by Crippen LogP contribution is 2.15. The summed E-state index contributed by atoms with van der Waals surface area (Å²) in [6.45, 7) is 2.03. The van der Waals surface area contributed by atoms with E-state index in [0.29, 0.717) is 13.0 Å². The lowest BCUT2D eigenvalue weighted by Gasteiger charge is -2.12. The molecule has 0 spiro atoms. The Morgan fingerprint density at radius 2 is 2.00 bits per heavy atom. The molecule has 0 aliphatic rings. The van der Waals surface area contributed by atoms with Crippen molar-refractivity contribution in [1.82, 2.24) is 0 Å². The van der Waals surface area contributed by atoms with E-state index < -0.39 is 17.7 Å². The largest absolute Gasteiger partial charge is 0.466 e. The van der Waals surface area contributed by atoms with Gasteiger partial charge in [-0.15, -0.1) is 0 Å². The van der Waals surface area contributed by atoms with Crippen LogP contribution in [0.4, 0.5) is 8.78 Å². The van der Waals surface area contributed by atoms with Crippen LogP contribution in [0.25, 0.3) is 0 Å². The third-order valence-electron chi connectivity index (χ3n) is 2.55. The van der Waals surface area contributed by atoms with E-state index in [1.165, 1.54) is 18.2 Å². The second-order valence-corrected chi connectivity index (χ2v) is 4.01. The Labute approximate surface area is 105 Å². The van der Waals surface area contributed by atoms with Gasteiger partial charge < -0.3 is 10.5 Å². The summed E-state index contributed by atoms with van der Waals surface area (Å²) in [6.07, 6.45) is 0.565. The summed E-state index contributed by atoms with van der Waals surface area (Å²) in [5.41, 5.74) is 5.71. The predicted octanol–water partition coefficient (Wildman–Crippen LogP) is 2.18. The molecule has 0 aliphatic heterocycles. The van der Waals surface area contributed by atoms with Crippen molar-refractivity contribution in [3.63, 3.8) is 0 Å². The lowest BCUT2D eigenvalue weighted by molar-refractivity contribution is -0.143. The van der Waals surface area contributed by atoms with Crippen LogP contribution in [0.1, 0.15) is 25.3 Å². The van der Waals surface area contributed by atoms with Gasteiger partial charge in [0.05, 0.1) is 6.61 Å². The maximum absolute atomic E-state index is 13.3. The van der Waals surface area contributed by atoms with Crippen LogP contribution in [0.2, 0.25) is 0 Å². The zero-order chi connectivity index (χ0) is 13.5. The zero-order valence-corrected chi connectivity index (χ0v) is 10.3. The first-order chi connectivity index (χ1) is 8.54. The summed E-state index contributed by atoms with van der Waals surface area (Å²) < 4.78 is 31.4. The minimum atomic E-state index is -0.610. The molecule has 0 aromatic heterocycles. The Hall–Kier alpha value is -1.49. The molecule has 0 amide bonds. The van der Waals surface area contributed by atoms with Gasteiger partial charge in [0.1, 0.15) is 11.6 Å². The molecule has 1 atom stereocenters. The maximum atomic E-state index is 13.3. The highest BCUT2D eigenvalue weighted by atomic mass is 19.1. The number of hydrogen-bond acceptors (Lipinski definition) is 3. The standard InChI is InChI=1S/C13H17F2NO2/c1-2-18-13(17)7-6-9(16)8-10-11(14)4-3-5-12(10)15/h3-5,9H,2,6-8,16H2,1H3. The highest BCUT2D eigenvalue weighted by Gasteiger charge is 2.14. The molecule has 18 heavy (non-hydrogen) atoms. The minimum Gasteiger partial charge on any atom is -0.466 e. The van der Waals surface area contributed by atoms with E-state index in [0.717, 1.165) is 0 Å². The van der Waals surface area contributed by atoms with Gasteiger partial charge in [-0.3, -0.25) is 4.79 Å². The number of carbonyl (C=O) groups excluding carboxylic acids is 1. The van der Waals surface area contributed by atoms with Crippen LogP contribution in [0.3, 0.4) is 0 Å². The second kappa shape index (κ2) is 7.06. The number of hydrogen-bond donors (Lipinski definition) is 1. The number of benzene rings is 1. The second-order valence-electron chi connectivity index (χ2n) is 4.01. The zero-order valence-electron chi connectivity index (χ0n) is 10.3. The fourth-order valence-corrected chi connectivity index (χ4v) is 1.63. The molecule has 1 unspecified atom stereocenters. The lowest BCUT2D eigenvalue weighted by Crippen LogP contribution is -2.25. The average molecular weight is 257 g/mol. The van der Waals surface area contributed by atoms with Crippen molar-refractivity contribution in [2.45, 2.75) is 32.2 Å². The van der Waals surface area contributed by atoms with Crippen molar-refractivity contribution >= 4 is 5.97 Å². The molecule has 0 bridgehead atoms. The number of carbonyl (C=O) groups is 1. The number of rotatable bonds is 6. The summed E-state index contributed by atoms with van der Waals surface area (Å²) in [5.74, 6) is -1.56. The van der Waals surface area contributed by atoms with Crippen LogP contribution < -0.4 is 5.73 Å². The first kappa shape index (κ1) is 14.6. The molecule has 1 aromatic carbocycles. The van der Waals surface area contributed by atoms with Gasteiger partial charge in [0, 0.05) is 18.0 Å². The molecule has 0 heterocycles. The van der Waals surface area contributed by atoms with Crippen molar-refractivity contribution in [3.05, 3.63) is 35.4 Å². The monoisotopic (exact) mass is 257 g/mol. The van der Waals surface area contributed by atoms with Gasteiger partial charge in [0.25, 0.3) is 0 Å². The van der Waals surface area contributed by atoms with Crippen LogP contribution in [0.5, 0.6) is 0 Å². The van der Waals surface area contributed by atoms with E-state index in [2.05, 4.69) is 0 Å². The summed E-state index contributed by atoms with van der Waals surface area (Å²) >= 11 is 0. The fourth-order valence-electron chi connectivity index (χ4n) is 1.63. The Balaban J connectivity index is 2.49. The van der Waals surface area contributed by atoms with E-state index in [1.807, 2.05) is 0 Å². The molecular weight excluding hydrogens is 240 g/mol. The first-order valence-electron chi connectivity index (χ1n) is 5.88. The van der Waals surface area contributed by atoms with Crippen molar-refractivity contribution in [1.29, 1.82) is 0 Å². The normalized spacial score (nSPS) is 12.2. The van der Waals surface area contributed by atoms with Gasteiger partial charge in [-0.2, -0.15) is 0 Å². The van der Waals surface area contributed by atoms with Gasteiger partial charge in [0.2, 0.25) is 0 Å². The summed E-state index contributed by atoms with van der Waals surface area (Å²) in [5, 5.41) is 0. The number of esters is 1.